The van der Waals surface area contributed by atoms with Gasteiger partial charge in [0, 0.05) is 11.3 Å². The summed E-state index contributed by atoms with van der Waals surface area (Å²) >= 11 is 0. The number of carbonyl (C=O) groups is 1. The van der Waals surface area contributed by atoms with Crippen molar-refractivity contribution in [3.05, 3.63) is 59.2 Å². The Balaban J connectivity index is 0.00000289. The van der Waals surface area contributed by atoms with Gasteiger partial charge >= 0.3 is 0 Å². The first-order chi connectivity index (χ1) is 14.5. The summed E-state index contributed by atoms with van der Waals surface area (Å²) in [7, 11) is -4.10. The average Bonchev–Trinajstić information content (AvgIpc) is 2.71. The molecule has 1 heterocycles. The number of rotatable bonds is 4. The molecule has 0 saturated heterocycles. The molecule has 4 rings (SSSR count). The van der Waals surface area contributed by atoms with Crippen molar-refractivity contribution in [2.24, 2.45) is 10.3 Å². The van der Waals surface area contributed by atoms with Crippen LogP contribution in [0.5, 0.6) is 0 Å². The Labute approximate surface area is 193 Å². The second-order valence-electron chi connectivity index (χ2n) is 8.66. The fraction of sp³-hybridized carbons (Fsp3) is 0.304. The first-order valence-electron chi connectivity index (χ1n) is 10.1. The van der Waals surface area contributed by atoms with Gasteiger partial charge in [0.15, 0.2) is 11.6 Å². The summed E-state index contributed by atoms with van der Waals surface area (Å²) in [5.41, 5.74) is 6.48. The highest BCUT2D eigenvalue weighted by molar-refractivity contribution is 7.90. The van der Waals surface area contributed by atoms with Crippen molar-refractivity contribution >= 4 is 51.2 Å². The van der Waals surface area contributed by atoms with Gasteiger partial charge in [-0.3, -0.25) is 4.79 Å². The second-order valence-corrected chi connectivity index (χ2v) is 10.2. The lowest BCUT2D eigenvalue weighted by atomic mass is 9.66. The highest BCUT2D eigenvalue weighted by atomic mass is 35.5. The SMILES string of the molecule is CC(C)CCC1(C)C(=O)C(C2=NS(=O)(=O)c3cc(N)ccc3N2)=C(O)c2ccccc21.Cl. The molecular formula is C23H26ClN3O4S. The summed E-state index contributed by atoms with van der Waals surface area (Å²) in [6.07, 6.45) is 1.36. The van der Waals surface area contributed by atoms with E-state index >= 15 is 0 Å². The average molecular weight is 476 g/mol. The first kappa shape index (κ1) is 23.8. The van der Waals surface area contributed by atoms with Crippen LogP contribution in [0.1, 0.15) is 44.7 Å². The van der Waals surface area contributed by atoms with Gasteiger partial charge in [-0.25, -0.2) is 0 Å². The van der Waals surface area contributed by atoms with E-state index in [4.69, 9.17) is 5.73 Å². The third-order valence-corrected chi connectivity index (χ3v) is 7.26. The predicted molar refractivity (Wildman–Crippen MR) is 129 cm³/mol. The highest BCUT2D eigenvalue weighted by Crippen LogP contribution is 2.44. The summed E-state index contributed by atoms with van der Waals surface area (Å²) in [6, 6.07) is 11.6. The minimum atomic E-state index is -4.10. The summed E-state index contributed by atoms with van der Waals surface area (Å²) in [4.78, 5) is 13.7. The molecule has 2 aromatic rings. The maximum absolute atomic E-state index is 13.8. The van der Waals surface area contributed by atoms with Crippen LogP contribution < -0.4 is 11.1 Å². The maximum Gasteiger partial charge on any atom is 0.286 e. The zero-order valence-electron chi connectivity index (χ0n) is 18.0. The number of Topliss-reactive ketones (excluding diaryl/α,β-unsaturated/α-hetero) is 1. The van der Waals surface area contributed by atoms with Gasteiger partial charge < -0.3 is 16.2 Å². The number of nitrogens with one attached hydrogen (secondary N) is 1. The van der Waals surface area contributed by atoms with Gasteiger partial charge in [-0.1, -0.05) is 38.1 Å². The van der Waals surface area contributed by atoms with Gasteiger partial charge in [0.2, 0.25) is 0 Å². The molecule has 170 valence electrons. The number of hydrogen-bond donors (Lipinski definition) is 3. The molecular weight excluding hydrogens is 450 g/mol. The second kappa shape index (κ2) is 8.26. The lowest BCUT2D eigenvalue weighted by Crippen LogP contribution is -2.42. The summed E-state index contributed by atoms with van der Waals surface area (Å²) in [5, 5.41) is 14.0. The first-order valence-corrected chi connectivity index (χ1v) is 11.6. The number of nitrogens with two attached hydrogens (primary N) is 1. The van der Waals surface area contributed by atoms with Crippen LogP contribution in [0.15, 0.2) is 57.3 Å². The van der Waals surface area contributed by atoms with Crippen LogP contribution in [-0.2, 0) is 20.2 Å². The zero-order valence-corrected chi connectivity index (χ0v) is 19.7. The molecule has 4 N–H and O–H groups in total. The van der Waals surface area contributed by atoms with Crippen molar-refractivity contribution in [1.29, 1.82) is 0 Å². The molecule has 0 saturated carbocycles. The Hall–Kier alpha value is -2.84. The zero-order chi connectivity index (χ0) is 22.6. The number of aliphatic hydroxyl groups is 1. The molecule has 0 amide bonds. The third kappa shape index (κ3) is 3.78. The lowest BCUT2D eigenvalue weighted by Gasteiger charge is -2.36. The molecule has 0 aromatic heterocycles. The summed E-state index contributed by atoms with van der Waals surface area (Å²) in [6.45, 7) is 6.01. The molecule has 32 heavy (non-hydrogen) atoms. The van der Waals surface area contributed by atoms with Crippen molar-refractivity contribution < 1.29 is 18.3 Å². The topological polar surface area (TPSA) is 122 Å². The predicted octanol–water partition coefficient (Wildman–Crippen LogP) is 4.45. The lowest BCUT2D eigenvalue weighted by molar-refractivity contribution is -0.120. The minimum Gasteiger partial charge on any atom is -0.506 e. The maximum atomic E-state index is 13.8. The number of nitrogen functional groups attached to an aromatic ring is 1. The van der Waals surface area contributed by atoms with Gasteiger partial charge in [-0.05, 0) is 49.4 Å². The van der Waals surface area contributed by atoms with Gasteiger partial charge in [0.25, 0.3) is 10.0 Å². The molecule has 0 radical (unpaired) electrons. The Morgan fingerprint density at radius 1 is 1.19 bits per heavy atom. The number of amidine groups is 1. The van der Waals surface area contributed by atoms with E-state index in [1.807, 2.05) is 19.1 Å². The minimum absolute atomic E-state index is 0. The molecule has 1 aliphatic heterocycles. The molecule has 0 spiro atoms. The molecule has 1 unspecified atom stereocenters. The number of carbonyl (C=O) groups excluding carboxylic acids is 1. The molecule has 9 heteroatoms. The van der Waals surface area contributed by atoms with Gasteiger partial charge in [0.05, 0.1) is 11.1 Å². The van der Waals surface area contributed by atoms with E-state index in [0.29, 0.717) is 17.9 Å². The number of ketones is 1. The molecule has 1 atom stereocenters. The third-order valence-electron chi connectivity index (χ3n) is 5.95. The van der Waals surface area contributed by atoms with E-state index in [0.717, 1.165) is 12.0 Å². The number of fused-ring (bicyclic) bond motifs is 2. The van der Waals surface area contributed by atoms with Gasteiger partial charge in [0.1, 0.15) is 16.2 Å². The quantitative estimate of drug-likeness (QED) is 0.561. The monoisotopic (exact) mass is 475 g/mol. The van der Waals surface area contributed by atoms with E-state index in [-0.39, 0.29) is 51.6 Å². The van der Waals surface area contributed by atoms with Gasteiger partial charge in [-0.15, -0.1) is 16.8 Å². The number of sulfonamides is 1. The summed E-state index contributed by atoms with van der Waals surface area (Å²) < 4.78 is 29.5. The van der Waals surface area contributed by atoms with Crippen LogP contribution in [0.4, 0.5) is 11.4 Å². The van der Waals surface area contributed by atoms with Crippen LogP contribution in [0, 0.1) is 5.92 Å². The smallest absolute Gasteiger partial charge is 0.286 e. The Morgan fingerprint density at radius 3 is 2.56 bits per heavy atom. The molecule has 0 fully saturated rings. The largest absolute Gasteiger partial charge is 0.506 e. The van der Waals surface area contributed by atoms with Crippen LogP contribution >= 0.6 is 12.4 Å². The summed E-state index contributed by atoms with van der Waals surface area (Å²) in [5.74, 6) is -0.430. The molecule has 0 bridgehead atoms. The highest BCUT2D eigenvalue weighted by Gasteiger charge is 2.46. The number of halogens is 1. The molecule has 1 aliphatic carbocycles. The van der Waals surface area contributed by atoms with Crippen LogP contribution in [0.2, 0.25) is 0 Å². The van der Waals surface area contributed by atoms with Crippen LogP contribution in [-0.4, -0.2) is 25.1 Å². The standard InChI is InChI=1S/C23H25N3O4S.ClH/c1-13(2)10-11-23(3)16-7-5-4-6-15(16)20(27)19(21(23)28)22-25-17-9-8-14(24)12-18(17)31(29,30)26-22;/h4-9,12-13,27H,10-11,24H2,1-3H3,(H,25,26);1H. The molecule has 2 aromatic carbocycles. The number of anilines is 2. The van der Waals surface area contributed by atoms with Gasteiger partial charge in [-0.2, -0.15) is 8.42 Å². The number of hydrogen-bond acceptors (Lipinski definition) is 6. The normalized spacial score (nSPS) is 21.2. The number of benzene rings is 2. The van der Waals surface area contributed by atoms with E-state index in [9.17, 15) is 18.3 Å². The fourth-order valence-electron chi connectivity index (χ4n) is 4.14. The fourth-order valence-corrected chi connectivity index (χ4v) is 5.30. The van der Waals surface area contributed by atoms with E-state index < -0.39 is 15.4 Å². The Morgan fingerprint density at radius 2 is 1.88 bits per heavy atom. The van der Waals surface area contributed by atoms with Crippen molar-refractivity contribution in [2.75, 3.05) is 11.1 Å². The van der Waals surface area contributed by atoms with E-state index in [1.165, 1.54) is 12.1 Å². The van der Waals surface area contributed by atoms with E-state index in [2.05, 4.69) is 23.6 Å². The number of aliphatic hydroxyl groups excluding tert-OH is 1. The molecule has 2 aliphatic rings. The van der Waals surface area contributed by atoms with Crippen molar-refractivity contribution in [2.45, 2.75) is 43.9 Å². The molecule has 7 nitrogen and oxygen atoms in total. The Bertz CT molecular complexity index is 1270. The Kier molecular flexibility index (Phi) is 6.14. The van der Waals surface area contributed by atoms with Crippen molar-refractivity contribution in [3.63, 3.8) is 0 Å². The van der Waals surface area contributed by atoms with Crippen LogP contribution in [0.25, 0.3) is 5.76 Å². The van der Waals surface area contributed by atoms with Crippen molar-refractivity contribution in [1.82, 2.24) is 0 Å². The van der Waals surface area contributed by atoms with Crippen LogP contribution in [0.3, 0.4) is 0 Å². The number of nitrogens with zero attached hydrogens (tertiary/aromatic N) is 1. The van der Waals surface area contributed by atoms with Crippen molar-refractivity contribution in [3.8, 4) is 0 Å². The van der Waals surface area contributed by atoms with E-state index in [1.54, 1.807) is 18.2 Å².